The Morgan fingerprint density at radius 2 is 1.81 bits per heavy atom. The molecule has 2 aliphatic heterocycles. The average molecular weight is 458 g/mol. The van der Waals surface area contributed by atoms with E-state index in [9.17, 15) is 14.9 Å². The fraction of sp³-hybridized carbons (Fsp3) is 0.458. The van der Waals surface area contributed by atoms with Gasteiger partial charge in [0, 0.05) is 47.1 Å². The van der Waals surface area contributed by atoms with Gasteiger partial charge in [-0.05, 0) is 31.0 Å². The lowest BCUT2D eigenvalue weighted by Gasteiger charge is -2.42. The van der Waals surface area contributed by atoms with Gasteiger partial charge in [-0.1, -0.05) is 44.5 Å². The first kappa shape index (κ1) is 22.4. The van der Waals surface area contributed by atoms with Crippen LogP contribution >= 0.6 is 11.6 Å². The van der Waals surface area contributed by atoms with Crippen LogP contribution < -0.4 is 9.64 Å². The van der Waals surface area contributed by atoms with Crippen LogP contribution in [0.2, 0.25) is 5.02 Å². The van der Waals surface area contributed by atoms with E-state index in [0.717, 1.165) is 24.1 Å². The molecule has 2 aromatic carbocycles. The van der Waals surface area contributed by atoms with Gasteiger partial charge in [-0.15, -0.1) is 0 Å². The van der Waals surface area contributed by atoms with Gasteiger partial charge in [-0.3, -0.25) is 14.9 Å². The summed E-state index contributed by atoms with van der Waals surface area (Å²) in [5, 5.41) is 12.4. The third-order valence-corrected chi connectivity index (χ3v) is 6.90. The molecule has 32 heavy (non-hydrogen) atoms. The van der Waals surface area contributed by atoms with Gasteiger partial charge in [0.1, 0.15) is 11.4 Å². The number of carbonyl (C=O) groups is 1. The minimum atomic E-state index is -0.435. The molecule has 0 atom stereocenters. The van der Waals surface area contributed by atoms with Crippen LogP contribution in [0.4, 0.5) is 17.1 Å². The summed E-state index contributed by atoms with van der Waals surface area (Å²) in [7, 11) is 1.59. The zero-order valence-corrected chi connectivity index (χ0v) is 19.6. The van der Waals surface area contributed by atoms with Crippen molar-refractivity contribution in [3.63, 3.8) is 0 Å². The van der Waals surface area contributed by atoms with Gasteiger partial charge >= 0.3 is 0 Å². The lowest BCUT2D eigenvalue weighted by molar-refractivity contribution is -0.384. The Bertz CT molecular complexity index is 1070. The minimum absolute atomic E-state index is 0.0397. The number of benzene rings is 2. The average Bonchev–Trinajstić information content (AvgIpc) is 3.09. The number of ether oxygens (including phenoxy) is 1. The molecule has 1 saturated heterocycles. The summed E-state index contributed by atoms with van der Waals surface area (Å²) in [4.78, 5) is 28.1. The first-order valence-electron chi connectivity index (χ1n) is 10.8. The van der Waals surface area contributed by atoms with Crippen LogP contribution in [0.15, 0.2) is 36.4 Å². The number of halogens is 1. The molecule has 0 unspecified atom stereocenters. The quantitative estimate of drug-likeness (QED) is 0.460. The molecule has 0 bridgehead atoms. The molecule has 0 aliphatic carbocycles. The number of para-hydroxylation sites is 2. The van der Waals surface area contributed by atoms with Crippen LogP contribution in [0.3, 0.4) is 0 Å². The minimum Gasteiger partial charge on any atom is -0.495 e. The van der Waals surface area contributed by atoms with Gasteiger partial charge in [0.15, 0.2) is 0 Å². The second kappa shape index (κ2) is 7.96. The number of anilines is 2. The van der Waals surface area contributed by atoms with Crippen LogP contribution in [0.25, 0.3) is 0 Å². The summed E-state index contributed by atoms with van der Waals surface area (Å²) >= 11 is 6.75. The second-order valence-corrected chi connectivity index (χ2v) is 10.0. The Kier molecular flexibility index (Phi) is 5.57. The van der Waals surface area contributed by atoms with Crippen LogP contribution in [0.5, 0.6) is 5.75 Å². The fourth-order valence-electron chi connectivity index (χ4n) is 5.02. The second-order valence-electron chi connectivity index (χ2n) is 9.63. The lowest BCUT2D eigenvalue weighted by atomic mass is 9.73. The zero-order valence-electron chi connectivity index (χ0n) is 18.9. The SMILES string of the molecule is COc1ccc(Cl)c2c1N(c1ccccc1[N+](=O)[O-])CC21CCN(C(=O)C(C)(C)C)CC1. The van der Waals surface area contributed by atoms with Crippen molar-refractivity contribution < 1.29 is 14.5 Å². The Labute approximate surface area is 193 Å². The number of piperidine rings is 1. The predicted octanol–water partition coefficient (Wildman–Crippen LogP) is 5.31. The third-order valence-electron chi connectivity index (χ3n) is 6.59. The molecule has 0 radical (unpaired) electrons. The van der Waals surface area contributed by atoms with Crippen LogP contribution in [-0.2, 0) is 10.2 Å². The molecule has 1 amide bonds. The molecular weight excluding hydrogens is 430 g/mol. The molecule has 2 aromatic rings. The number of amides is 1. The molecule has 1 spiro atoms. The summed E-state index contributed by atoms with van der Waals surface area (Å²) in [5.74, 6) is 0.769. The van der Waals surface area contributed by atoms with Gasteiger partial charge in [0.25, 0.3) is 5.69 Å². The Hall–Kier alpha value is -2.80. The maximum Gasteiger partial charge on any atom is 0.292 e. The molecule has 4 rings (SSSR count). The number of nitrogens with zero attached hydrogens (tertiary/aromatic N) is 3. The number of rotatable bonds is 3. The normalized spacial score (nSPS) is 17.4. The Morgan fingerprint density at radius 3 is 2.41 bits per heavy atom. The Morgan fingerprint density at radius 1 is 1.16 bits per heavy atom. The topological polar surface area (TPSA) is 75.9 Å². The van der Waals surface area contributed by atoms with Crippen molar-refractivity contribution in [2.45, 2.75) is 39.0 Å². The van der Waals surface area contributed by atoms with E-state index >= 15 is 0 Å². The standard InChI is InChI=1S/C24H28ClN3O4/c1-23(2,3)22(29)26-13-11-24(12-14-26)15-27(17-7-5-6-8-18(17)28(30)31)21-19(32-4)10-9-16(25)20(21)24/h5-10H,11-15H2,1-4H3. The highest BCUT2D eigenvalue weighted by atomic mass is 35.5. The molecule has 2 heterocycles. The molecule has 1 fully saturated rings. The largest absolute Gasteiger partial charge is 0.495 e. The molecule has 0 aromatic heterocycles. The number of likely N-dealkylation sites (tertiary alicyclic amines) is 1. The third kappa shape index (κ3) is 3.58. The van der Waals surface area contributed by atoms with E-state index in [-0.39, 0.29) is 21.9 Å². The number of hydrogen-bond acceptors (Lipinski definition) is 5. The summed E-state index contributed by atoms with van der Waals surface area (Å²) in [5.41, 5.74) is 1.54. The van der Waals surface area contributed by atoms with Crippen molar-refractivity contribution in [2.24, 2.45) is 5.41 Å². The zero-order chi connectivity index (χ0) is 23.3. The van der Waals surface area contributed by atoms with E-state index in [1.54, 1.807) is 31.4 Å². The van der Waals surface area contributed by atoms with Crippen LogP contribution in [0, 0.1) is 15.5 Å². The highest BCUT2D eigenvalue weighted by molar-refractivity contribution is 6.32. The van der Waals surface area contributed by atoms with Crippen molar-refractivity contribution in [2.75, 3.05) is 31.6 Å². The van der Waals surface area contributed by atoms with E-state index in [2.05, 4.69) is 0 Å². The van der Waals surface area contributed by atoms with Gasteiger partial charge in [0.2, 0.25) is 5.91 Å². The van der Waals surface area contributed by atoms with Crippen molar-refractivity contribution in [1.29, 1.82) is 0 Å². The summed E-state index contributed by atoms with van der Waals surface area (Å²) in [6.45, 7) is 7.58. The van der Waals surface area contributed by atoms with Crippen molar-refractivity contribution >= 4 is 34.6 Å². The number of fused-ring (bicyclic) bond motifs is 2. The fourth-order valence-corrected chi connectivity index (χ4v) is 5.37. The van der Waals surface area contributed by atoms with Gasteiger partial charge in [-0.2, -0.15) is 0 Å². The van der Waals surface area contributed by atoms with Crippen LogP contribution in [0.1, 0.15) is 39.2 Å². The summed E-state index contributed by atoms with van der Waals surface area (Å²) in [6.07, 6.45) is 1.46. The monoisotopic (exact) mass is 457 g/mol. The molecule has 8 heteroatoms. The number of nitro benzene ring substituents is 1. The van der Waals surface area contributed by atoms with Gasteiger partial charge in [0.05, 0.1) is 17.7 Å². The van der Waals surface area contributed by atoms with Crippen molar-refractivity contribution in [1.82, 2.24) is 4.90 Å². The Balaban J connectivity index is 1.79. The smallest absolute Gasteiger partial charge is 0.292 e. The predicted molar refractivity (Wildman–Crippen MR) is 125 cm³/mol. The first-order chi connectivity index (χ1) is 15.1. The number of nitro groups is 1. The van der Waals surface area contributed by atoms with E-state index in [1.165, 1.54) is 6.07 Å². The van der Waals surface area contributed by atoms with Gasteiger partial charge < -0.3 is 14.5 Å². The van der Waals surface area contributed by atoms with E-state index in [0.29, 0.717) is 36.1 Å². The molecule has 170 valence electrons. The van der Waals surface area contributed by atoms with Crippen molar-refractivity contribution in [3.05, 3.63) is 57.1 Å². The van der Waals surface area contributed by atoms with Crippen molar-refractivity contribution in [3.8, 4) is 5.75 Å². The number of hydrogen-bond donors (Lipinski definition) is 0. The molecule has 7 nitrogen and oxygen atoms in total. The maximum atomic E-state index is 12.8. The number of carbonyl (C=O) groups excluding carboxylic acids is 1. The highest BCUT2D eigenvalue weighted by Gasteiger charge is 2.49. The summed E-state index contributed by atoms with van der Waals surface area (Å²) in [6, 6.07) is 10.4. The van der Waals surface area contributed by atoms with Crippen LogP contribution in [-0.4, -0.2) is 42.5 Å². The molecule has 0 N–H and O–H groups in total. The highest BCUT2D eigenvalue weighted by Crippen LogP contribution is 2.56. The first-order valence-corrected chi connectivity index (χ1v) is 11.1. The van der Waals surface area contributed by atoms with E-state index in [4.69, 9.17) is 16.3 Å². The molecular formula is C24H28ClN3O4. The summed E-state index contributed by atoms with van der Waals surface area (Å²) < 4.78 is 5.67. The molecule has 0 saturated carbocycles. The van der Waals surface area contributed by atoms with E-state index in [1.807, 2.05) is 36.6 Å². The lowest BCUT2D eigenvalue weighted by Crippen LogP contribution is -2.49. The van der Waals surface area contributed by atoms with E-state index < -0.39 is 5.41 Å². The maximum absolute atomic E-state index is 12.8. The number of methoxy groups -OCH3 is 1. The molecule has 2 aliphatic rings. The van der Waals surface area contributed by atoms with Gasteiger partial charge in [-0.25, -0.2) is 0 Å².